The zero-order chi connectivity index (χ0) is 17.9. The average Bonchev–Trinajstić information content (AvgIpc) is 2.81. The molecule has 1 fully saturated rings. The molecule has 2 aliphatic heterocycles. The highest BCUT2D eigenvalue weighted by Crippen LogP contribution is 2.27. The van der Waals surface area contributed by atoms with E-state index in [4.69, 9.17) is 4.74 Å². The van der Waals surface area contributed by atoms with Crippen LogP contribution >= 0.6 is 0 Å². The zero-order valence-electron chi connectivity index (χ0n) is 14.7. The summed E-state index contributed by atoms with van der Waals surface area (Å²) >= 11 is 0. The molecule has 1 saturated heterocycles. The fourth-order valence-corrected chi connectivity index (χ4v) is 4.04. The molecule has 0 aliphatic carbocycles. The van der Waals surface area contributed by atoms with Crippen LogP contribution in [0.15, 0.2) is 24.3 Å². The number of hydrogen-bond acceptors (Lipinski definition) is 5. The van der Waals surface area contributed by atoms with Gasteiger partial charge in [-0.1, -0.05) is 18.2 Å². The summed E-state index contributed by atoms with van der Waals surface area (Å²) in [5.41, 5.74) is 1.10. The number of sulfone groups is 1. The largest absolute Gasteiger partial charge is 0.493 e. The average molecular weight is 366 g/mol. The predicted molar refractivity (Wildman–Crippen MR) is 96.5 cm³/mol. The first kappa shape index (κ1) is 18.2. The number of hydrogen-bond donors (Lipinski definition) is 0. The van der Waals surface area contributed by atoms with Crippen LogP contribution in [-0.2, 0) is 21.1 Å². The van der Waals surface area contributed by atoms with Crippen LogP contribution in [0.4, 0.5) is 0 Å². The molecule has 2 aliphatic rings. The van der Waals surface area contributed by atoms with Crippen molar-refractivity contribution in [2.45, 2.75) is 12.8 Å². The summed E-state index contributed by atoms with van der Waals surface area (Å²) in [5, 5.41) is 0. The second-order valence-electron chi connectivity index (χ2n) is 6.94. The summed E-state index contributed by atoms with van der Waals surface area (Å²) in [6, 6.07) is 7.93. The summed E-state index contributed by atoms with van der Waals surface area (Å²) in [6.45, 7) is 3.93. The fraction of sp³-hybridized carbons (Fsp3) is 0.611. The molecule has 3 rings (SSSR count). The lowest BCUT2D eigenvalue weighted by Crippen LogP contribution is -2.51. The number of ether oxygens (including phenoxy) is 1. The highest BCUT2D eigenvalue weighted by atomic mass is 32.2. The van der Waals surface area contributed by atoms with Crippen LogP contribution in [0.3, 0.4) is 0 Å². The Morgan fingerprint density at radius 1 is 1.20 bits per heavy atom. The third kappa shape index (κ3) is 4.95. The van der Waals surface area contributed by atoms with Crippen molar-refractivity contribution in [2.75, 3.05) is 51.3 Å². The molecule has 2 heterocycles. The lowest BCUT2D eigenvalue weighted by molar-refractivity contribution is -0.137. The van der Waals surface area contributed by atoms with E-state index < -0.39 is 9.84 Å². The van der Waals surface area contributed by atoms with E-state index in [1.165, 1.54) is 6.26 Å². The van der Waals surface area contributed by atoms with Crippen molar-refractivity contribution in [1.29, 1.82) is 0 Å². The summed E-state index contributed by atoms with van der Waals surface area (Å²) < 4.78 is 28.3. The van der Waals surface area contributed by atoms with Crippen LogP contribution in [0.1, 0.15) is 12.0 Å². The zero-order valence-corrected chi connectivity index (χ0v) is 15.5. The molecule has 1 amide bonds. The Kier molecular flexibility index (Phi) is 5.64. The lowest BCUT2D eigenvalue weighted by Gasteiger charge is -2.36. The van der Waals surface area contributed by atoms with Gasteiger partial charge in [-0.15, -0.1) is 0 Å². The first-order chi connectivity index (χ1) is 11.9. The molecule has 1 unspecified atom stereocenters. The Labute approximate surface area is 149 Å². The summed E-state index contributed by atoms with van der Waals surface area (Å²) in [4.78, 5) is 16.9. The molecule has 0 N–H and O–H groups in total. The minimum atomic E-state index is -2.94. The van der Waals surface area contributed by atoms with Gasteiger partial charge in [0.1, 0.15) is 15.6 Å². The van der Waals surface area contributed by atoms with E-state index >= 15 is 0 Å². The molecule has 1 aromatic carbocycles. The molecule has 1 atom stereocenters. The van der Waals surface area contributed by atoms with Gasteiger partial charge >= 0.3 is 0 Å². The smallest absolute Gasteiger partial charge is 0.226 e. The number of amides is 1. The van der Waals surface area contributed by atoms with E-state index in [2.05, 4.69) is 4.90 Å². The van der Waals surface area contributed by atoms with Crippen LogP contribution < -0.4 is 4.74 Å². The van der Waals surface area contributed by atoms with Gasteiger partial charge in [0.05, 0.1) is 12.4 Å². The summed E-state index contributed by atoms with van der Waals surface area (Å²) in [6.07, 6.45) is 2.73. The number of nitrogens with zero attached hydrogens (tertiary/aromatic N) is 2. The molecular weight excluding hydrogens is 340 g/mol. The van der Waals surface area contributed by atoms with Crippen molar-refractivity contribution >= 4 is 15.7 Å². The third-order valence-corrected chi connectivity index (χ3v) is 5.90. The standard InChI is InChI=1S/C18H26N2O4S/c1-25(22,23)13-11-19-7-9-20(10-8-19)18(21)16-6-12-24-17-5-3-2-4-15(17)14-16/h2-5,16H,6-14H2,1H3. The van der Waals surface area contributed by atoms with E-state index in [9.17, 15) is 13.2 Å². The van der Waals surface area contributed by atoms with Crippen LogP contribution in [0.25, 0.3) is 0 Å². The second-order valence-corrected chi connectivity index (χ2v) is 9.20. The maximum atomic E-state index is 12.9. The normalized spacial score (nSPS) is 22.0. The molecule has 6 nitrogen and oxygen atoms in total. The molecule has 0 saturated carbocycles. The molecule has 7 heteroatoms. The predicted octanol–water partition coefficient (Wildman–Crippen LogP) is 0.817. The molecule has 0 spiro atoms. The van der Waals surface area contributed by atoms with Crippen molar-refractivity contribution in [2.24, 2.45) is 5.92 Å². The van der Waals surface area contributed by atoms with Gasteiger partial charge in [0, 0.05) is 44.9 Å². The highest BCUT2D eigenvalue weighted by Gasteiger charge is 2.29. The minimum absolute atomic E-state index is 0.0359. The number of fused-ring (bicyclic) bond motifs is 1. The monoisotopic (exact) mass is 366 g/mol. The Balaban J connectivity index is 1.54. The van der Waals surface area contributed by atoms with Crippen LogP contribution in [0.2, 0.25) is 0 Å². The van der Waals surface area contributed by atoms with Gasteiger partial charge in [-0.3, -0.25) is 9.69 Å². The van der Waals surface area contributed by atoms with Gasteiger partial charge in [-0.05, 0) is 24.5 Å². The Morgan fingerprint density at radius 3 is 2.64 bits per heavy atom. The number of piperazine rings is 1. The summed E-state index contributed by atoms with van der Waals surface area (Å²) in [5.74, 6) is 1.23. The first-order valence-electron chi connectivity index (χ1n) is 8.82. The van der Waals surface area contributed by atoms with E-state index in [1.54, 1.807) is 0 Å². The number of carbonyl (C=O) groups is 1. The summed E-state index contributed by atoms with van der Waals surface area (Å²) in [7, 11) is -2.94. The third-order valence-electron chi connectivity index (χ3n) is 4.97. The van der Waals surface area contributed by atoms with Crippen molar-refractivity contribution in [1.82, 2.24) is 9.80 Å². The first-order valence-corrected chi connectivity index (χ1v) is 10.9. The van der Waals surface area contributed by atoms with Gasteiger partial charge < -0.3 is 9.64 Å². The SMILES string of the molecule is CS(=O)(=O)CCN1CCN(C(=O)C2CCOc3ccccc3C2)CC1. The maximum Gasteiger partial charge on any atom is 0.226 e. The lowest BCUT2D eigenvalue weighted by atomic mass is 9.95. The van der Waals surface area contributed by atoms with Crippen molar-refractivity contribution in [3.8, 4) is 5.75 Å². The highest BCUT2D eigenvalue weighted by molar-refractivity contribution is 7.90. The topological polar surface area (TPSA) is 66.9 Å². The number of benzene rings is 1. The number of rotatable bonds is 4. The molecular formula is C18H26N2O4S. The van der Waals surface area contributed by atoms with Crippen molar-refractivity contribution in [3.05, 3.63) is 29.8 Å². The molecule has 0 bridgehead atoms. The molecule has 0 radical (unpaired) electrons. The van der Waals surface area contributed by atoms with Crippen molar-refractivity contribution in [3.63, 3.8) is 0 Å². The maximum absolute atomic E-state index is 12.9. The Hall–Kier alpha value is -1.60. The van der Waals surface area contributed by atoms with E-state index in [1.807, 2.05) is 29.2 Å². The van der Waals surface area contributed by atoms with Gasteiger partial charge in [-0.2, -0.15) is 0 Å². The molecule has 25 heavy (non-hydrogen) atoms. The quantitative estimate of drug-likeness (QED) is 0.789. The van der Waals surface area contributed by atoms with Crippen molar-refractivity contribution < 1.29 is 17.9 Å². The van der Waals surface area contributed by atoms with Gasteiger partial charge in [0.15, 0.2) is 0 Å². The van der Waals surface area contributed by atoms with E-state index in [0.717, 1.165) is 37.2 Å². The van der Waals surface area contributed by atoms with Crippen LogP contribution in [0, 0.1) is 5.92 Å². The van der Waals surface area contributed by atoms with E-state index in [-0.39, 0.29) is 17.6 Å². The molecule has 0 aromatic heterocycles. The Bertz CT molecular complexity index is 712. The minimum Gasteiger partial charge on any atom is -0.493 e. The van der Waals surface area contributed by atoms with Gasteiger partial charge in [-0.25, -0.2) is 8.42 Å². The molecule has 138 valence electrons. The van der Waals surface area contributed by atoms with Crippen LogP contribution in [-0.4, -0.2) is 75.5 Å². The second kappa shape index (κ2) is 7.74. The molecule has 1 aromatic rings. The Morgan fingerprint density at radius 2 is 1.92 bits per heavy atom. The number of para-hydroxylation sites is 1. The fourth-order valence-electron chi connectivity index (χ4n) is 3.45. The van der Waals surface area contributed by atoms with E-state index in [0.29, 0.717) is 26.2 Å². The number of carbonyl (C=O) groups excluding carboxylic acids is 1. The van der Waals surface area contributed by atoms with Gasteiger partial charge in [0.2, 0.25) is 5.91 Å². The van der Waals surface area contributed by atoms with Gasteiger partial charge in [0.25, 0.3) is 0 Å². The van der Waals surface area contributed by atoms with Crippen LogP contribution in [0.5, 0.6) is 5.75 Å².